The molecule has 0 saturated carbocycles. The number of hydrogen-bond donors (Lipinski definition) is 0. The average Bonchev–Trinajstić information content (AvgIpc) is 3.66. The molecule has 0 amide bonds. The molecule has 0 N–H and O–H groups in total. The first-order valence-corrected chi connectivity index (χ1v) is 19.2. The number of nitrogens with zero attached hydrogens (tertiary/aromatic N) is 4. The van der Waals surface area contributed by atoms with E-state index < -0.39 is 0 Å². The van der Waals surface area contributed by atoms with Gasteiger partial charge in [0.15, 0.2) is 17.5 Å². The van der Waals surface area contributed by atoms with Gasteiger partial charge in [0.25, 0.3) is 0 Å². The van der Waals surface area contributed by atoms with E-state index in [1.807, 2.05) is 72.0 Å². The van der Waals surface area contributed by atoms with Gasteiger partial charge in [0, 0.05) is 47.8 Å². The number of aromatic nitrogens is 4. The highest BCUT2D eigenvalue weighted by molar-refractivity contribution is 7.26. The molecule has 0 spiro atoms. The molecule has 0 unspecified atom stereocenters. The standard InChI is InChI=1S/C50H30N4S/c1-3-14-31(15-4-1)48-52-49(32-16-5-2-6-17-32)54-50(53-48)36-20-13-19-33(28-36)34-26-27-40-43(30-34)51-46(45-41-24-11-12-25-44(41)55-47(40)45)42-29-35-18-7-8-21-37(35)38-22-9-10-23-39(38)42/h1-30H. The summed E-state index contributed by atoms with van der Waals surface area (Å²) < 4.78 is 2.52. The minimum absolute atomic E-state index is 0.630. The van der Waals surface area contributed by atoms with Gasteiger partial charge in [-0.05, 0) is 56.9 Å². The number of rotatable bonds is 5. The Hall–Kier alpha value is -7.08. The van der Waals surface area contributed by atoms with Gasteiger partial charge in [0.2, 0.25) is 0 Å². The third-order valence-electron chi connectivity index (χ3n) is 10.5. The molecule has 11 rings (SSSR count). The largest absolute Gasteiger partial charge is 0.247 e. The fourth-order valence-corrected chi connectivity index (χ4v) is 9.10. The van der Waals surface area contributed by atoms with Crippen molar-refractivity contribution in [2.24, 2.45) is 0 Å². The lowest BCUT2D eigenvalue weighted by Gasteiger charge is -2.14. The van der Waals surface area contributed by atoms with Crippen LogP contribution in [0.2, 0.25) is 0 Å². The monoisotopic (exact) mass is 718 g/mol. The summed E-state index contributed by atoms with van der Waals surface area (Å²) in [4.78, 5) is 20.5. The summed E-state index contributed by atoms with van der Waals surface area (Å²) in [6.07, 6.45) is 0. The molecular weight excluding hydrogens is 689 g/mol. The lowest BCUT2D eigenvalue weighted by molar-refractivity contribution is 1.07. The molecule has 11 aromatic rings. The molecule has 0 radical (unpaired) electrons. The zero-order chi connectivity index (χ0) is 36.3. The summed E-state index contributed by atoms with van der Waals surface area (Å²) in [5.74, 6) is 1.92. The van der Waals surface area contributed by atoms with Crippen molar-refractivity contribution < 1.29 is 0 Å². The van der Waals surface area contributed by atoms with Crippen LogP contribution in [0.25, 0.3) is 109 Å². The second kappa shape index (κ2) is 12.8. The van der Waals surface area contributed by atoms with E-state index in [-0.39, 0.29) is 0 Å². The van der Waals surface area contributed by atoms with E-state index in [1.165, 1.54) is 41.7 Å². The van der Waals surface area contributed by atoms with Gasteiger partial charge >= 0.3 is 0 Å². The summed E-state index contributed by atoms with van der Waals surface area (Å²) in [6.45, 7) is 0. The second-order valence-corrected chi connectivity index (χ2v) is 14.9. The SMILES string of the molecule is c1ccc(-c2nc(-c3ccccc3)nc(-c3cccc(-c4ccc5c(c4)nc(-c4cc6ccccc6c6ccccc46)c4c6ccccc6sc54)c3)n2)cc1. The van der Waals surface area contributed by atoms with Crippen molar-refractivity contribution in [2.45, 2.75) is 0 Å². The van der Waals surface area contributed by atoms with E-state index in [9.17, 15) is 0 Å². The fourth-order valence-electron chi connectivity index (χ4n) is 7.86. The predicted octanol–water partition coefficient (Wildman–Crippen LogP) is 13.4. The Morgan fingerprint density at radius 2 is 0.909 bits per heavy atom. The minimum Gasteiger partial charge on any atom is -0.247 e. The highest BCUT2D eigenvalue weighted by Gasteiger charge is 2.20. The lowest BCUT2D eigenvalue weighted by Crippen LogP contribution is -2.00. The van der Waals surface area contributed by atoms with Crippen molar-refractivity contribution in [1.82, 2.24) is 19.9 Å². The van der Waals surface area contributed by atoms with Crippen molar-refractivity contribution in [3.05, 3.63) is 182 Å². The Labute approximate surface area is 321 Å². The highest BCUT2D eigenvalue weighted by Crippen LogP contribution is 2.45. The Balaban J connectivity index is 1.11. The molecule has 3 heterocycles. The highest BCUT2D eigenvalue weighted by atomic mass is 32.1. The number of fused-ring (bicyclic) bond motifs is 8. The van der Waals surface area contributed by atoms with Crippen LogP contribution in [0.5, 0.6) is 0 Å². The smallest absolute Gasteiger partial charge is 0.164 e. The van der Waals surface area contributed by atoms with Gasteiger partial charge in [-0.15, -0.1) is 11.3 Å². The maximum Gasteiger partial charge on any atom is 0.164 e. The molecule has 256 valence electrons. The van der Waals surface area contributed by atoms with E-state index in [4.69, 9.17) is 19.9 Å². The predicted molar refractivity (Wildman–Crippen MR) is 230 cm³/mol. The number of thiophene rings is 1. The van der Waals surface area contributed by atoms with E-state index in [2.05, 4.69) is 121 Å². The van der Waals surface area contributed by atoms with Crippen molar-refractivity contribution >= 4 is 64.0 Å². The lowest BCUT2D eigenvalue weighted by atomic mass is 9.93. The Morgan fingerprint density at radius 1 is 0.345 bits per heavy atom. The zero-order valence-electron chi connectivity index (χ0n) is 29.5. The van der Waals surface area contributed by atoms with Crippen molar-refractivity contribution in [2.75, 3.05) is 0 Å². The van der Waals surface area contributed by atoms with Crippen LogP contribution in [-0.4, -0.2) is 19.9 Å². The van der Waals surface area contributed by atoms with Crippen LogP contribution < -0.4 is 0 Å². The van der Waals surface area contributed by atoms with Gasteiger partial charge < -0.3 is 0 Å². The maximum absolute atomic E-state index is 5.58. The van der Waals surface area contributed by atoms with Gasteiger partial charge in [-0.2, -0.15) is 0 Å². The van der Waals surface area contributed by atoms with Crippen LogP contribution in [0, 0.1) is 0 Å². The molecule has 0 aliphatic carbocycles. The normalized spacial score (nSPS) is 11.6. The van der Waals surface area contributed by atoms with E-state index in [1.54, 1.807) is 0 Å². The third-order valence-corrected chi connectivity index (χ3v) is 11.7. The molecule has 3 aromatic heterocycles. The van der Waals surface area contributed by atoms with Crippen LogP contribution in [0.4, 0.5) is 0 Å². The summed E-state index contributed by atoms with van der Waals surface area (Å²) in [5.41, 5.74) is 8.09. The molecule has 4 nitrogen and oxygen atoms in total. The Kier molecular flexibility index (Phi) is 7.32. The first-order chi connectivity index (χ1) is 27.2. The van der Waals surface area contributed by atoms with Gasteiger partial charge in [-0.3, -0.25) is 0 Å². The first kappa shape index (κ1) is 31.4. The molecule has 0 atom stereocenters. The number of pyridine rings is 1. The van der Waals surface area contributed by atoms with Crippen molar-refractivity contribution in [3.63, 3.8) is 0 Å². The molecule has 0 aliphatic rings. The van der Waals surface area contributed by atoms with Crippen LogP contribution in [0.1, 0.15) is 0 Å². The van der Waals surface area contributed by atoms with Crippen LogP contribution in [0.15, 0.2) is 182 Å². The summed E-state index contributed by atoms with van der Waals surface area (Å²) in [5, 5.41) is 8.50. The minimum atomic E-state index is 0.630. The molecule has 0 aliphatic heterocycles. The summed E-state index contributed by atoms with van der Waals surface area (Å²) >= 11 is 1.85. The van der Waals surface area contributed by atoms with E-state index in [0.29, 0.717) is 17.5 Å². The van der Waals surface area contributed by atoms with Crippen molar-refractivity contribution in [1.29, 1.82) is 0 Å². The summed E-state index contributed by atoms with van der Waals surface area (Å²) in [7, 11) is 0. The maximum atomic E-state index is 5.58. The van der Waals surface area contributed by atoms with E-state index >= 15 is 0 Å². The third kappa shape index (κ3) is 5.36. The molecule has 5 heteroatoms. The van der Waals surface area contributed by atoms with Crippen molar-refractivity contribution in [3.8, 4) is 56.5 Å². The molecule has 0 fully saturated rings. The number of hydrogen-bond acceptors (Lipinski definition) is 5. The van der Waals surface area contributed by atoms with Gasteiger partial charge in [0.05, 0.1) is 11.2 Å². The molecule has 55 heavy (non-hydrogen) atoms. The Morgan fingerprint density at radius 3 is 1.65 bits per heavy atom. The average molecular weight is 719 g/mol. The number of benzene rings is 8. The van der Waals surface area contributed by atoms with Gasteiger partial charge in [-0.25, -0.2) is 19.9 Å². The van der Waals surface area contributed by atoms with Crippen LogP contribution in [-0.2, 0) is 0 Å². The quantitative estimate of drug-likeness (QED) is 0.166. The Bertz CT molecular complexity index is 3210. The van der Waals surface area contributed by atoms with Gasteiger partial charge in [0.1, 0.15) is 0 Å². The zero-order valence-corrected chi connectivity index (χ0v) is 30.3. The van der Waals surface area contributed by atoms with Crippen LogP contribution in [0.3, 0.4) is 0 Å². The van der Waals surface area contributed by atoms with Gasteiger partial charge in [-0.1, -0.05) is 158 Å². The summed E-state index contributed by atoms with van der Waals surface area (Å²) in [6, 6.07) is 63.8. The molecular formula is C50H30N4S. The first-order valence-electron chi connectivity index (χ1n) is 18.4. The topological polar surface area (TPSA) is 51.6 Å². The fraction of sp³-hybridized carbons (Fsp3) is 0. The van der Waals surface area contributed by atoms with E-state index in [0.717, 1.165) is 50.0 Å². The molecule has 8 aromatic carbocycles. The molecule has 0 bridgehead atoms. The second-order valence-electron chi connectivity index (χ2n) is 13.8. The van der Waals surface area contributed by atoms with Crippen LogP contribution >= 0.6 is 11.3 Å². The molecule has 0 saturated heterocycles.